The van der Waals surface area contributed by atoms with Crippen LogP contribution < -0.4 is 5.73 Å². The summed E-state index contributed by atoms with van der Waals surface area (Å²) in [4.78, 5) is 2.22. The molecule has 0 bridgehead atoms. The van der Waals surface area contributed by atoms with Crippen LogP contribution in [0, 0.1) is 5.82 Å². The van der Waals surface area contributed by atoms with Crippen molar-refractivity contribution in [3.8, 4) is 0 Å². The van der Waals surface area contributed by atoms with Gasteiger partial charge in [0, 0.05) is 25.8 Å². The maximum absolute atomic E-state index is 13.6. The van der Waals surface area contributed by atoms with Crippen molar-refractivity contribution in [1.29, 1.82) is 0 Å². The number of nitrogens with two attached hydrogens (primary N) is 1. The average molecular weight is 281 g/mol. The number of benzene rings is 1. The molecule has 1 saturated heterocycles. The number of nitrogens with zero attached hydrogens (tertiary/aromatic N) is 2. The maximum atomic E-state index is 13.6. The molecule has 0 aliphatic carbocycles. The Labute approximate surface area is 117 Å². The first-order valence-electron chi connectivity index (χ1n) is 6.65. The first kappa shape index (κ1) is 14.7. The van der Waals surface area contributed by atoms with Crippen LogP contribution in [0.5, 0.6) is 0 Å². The highest BCUT2D eigenvalue weighted by Crippen LogP contribution is 2.17. The third kappa shape index (κ3) is 3.68. The number of ether oxygens (including phenoxy) is 1. The highest BCUT2D eigenvalue weighted by molar-refractivity contribution is 5.97. The molecule has 1 atom stereocenters. The highest BCUT2D eigenvalue weighted by Gasteiger charge is 2.19. The molecule has 1 aromatic rings. The van der Waals surface area contributed by atoms with Gasteiger partial charge in [-0.2, -0.15) is 0 Å². The van der Waals surface area contributed by atoms with E-state index in [-0.39, 0.29) is 17.8 Å². The number of hydrogen-bond acceptors (Lipinski definition) is 4. The van der Waals surface area contributed by atoms with Crippen molar-refractivity contribution in [2.45, 2.75) is 25.5 Å². The molecule has 6 heteroatoms. The van der Waals surface area contributed by atoms with Gasteiger partial charge in [-0.15, -0.1) is 0 Å². The van der Waals surface area contributed by atoms with E-state index in [1.54, 1.807) is 13.2 Å². The summed E-state index contributed by atoms with van der Waals surface area (Å²) in [7, 11) is 1.72. The van der Waals surface area contributed by atoms with E-state index < -0.39 is 0 Å². The normalized spacial score (nSPS) is 21.1. The third-order valence-corrected chi connectivity index (χ3v) is 3.56. The Hall–Kier alpha value is -1.66. The van der Waals surface area contributed by atoms with Crippen LogP contribution in [0.3, 0.4) is 0 Å². The van der Waals surface area contributed by atoms with Gasteiger partial charge in [0.2, 0.25) is 0 Å². The fourth-order valence-electron chi connectivity index (χ4n) is 2.55. The summed E-state index contributed by atoms with van der Waals surface area (Å²) < 4.78 is 19.0. The van der Waals surface area contributed by atoms with Gasteiger partial charge in [0.1, 0.15) is 5.82 Å². The molecule has 110 valence electrons. The SMILES string of the molecule is COC1CCCN(Cc2cc(F)cc(/C(N)=N/O)c2)C1. The largest absolute Gasteiger partial charge is 0.409 e. The quantitative estimate of drug-likeness (QED) is 0.380. The van der Waals surface area contributed by atoms with E-state index in [9.17, 15) is 4.39 Å². The molecule has 2 rings (SSSR count). The standard InChI is InChI=1S/C14H20FN3O2/c1-20-13-3-2-4-18(9-13)8-10-5-11(14(16)17-19)7-12(15)6-10/h5-7,13,19H,2-4,8-9H2,1H3,(H2,16,17). The zero-order valence-corrected chi connectivity index (χ0v) is 11.6. The molecule has 0 saturated carbocycles. The van der Waals surface area contributed by atoms with Crippen LogP contribution in [0.15, 0.2) is 23.4 Å². The Morgan fingerprint density at radius 2 is 2.35 bits per heavy atom. The van der Waals surface area contributed by atoms with Gasteiger partial charge in [0.15, 0.2) is 5.84 Å². The lowest BCUT2D eigenvalue weighted by atomic mass is 10.1. The molecule has 1 heterocycles. The van der Waals surface area contributed by atoms with Gasteiger partial charge < -0.3 is 15.7 Å². The highest BCUT2D eigenvalue weighted by atomic mass is 19.1. The molecular formula is C14H20FN3O2. The van der Waals surface area contributed by atoms with Crippen molar-refractivity contribution in [3.05, 3.63) is 35.1 Å². The molecule has 20 heavy (non-hydrogen) atoms. The minimum absolute atomic E-state index is 0.0841. The summed E-state index contributed by atoms with van der Waals surface area (Å²) in [5.74, 6) is -0.469. The number of oxime groups is 1. The monoisotopic (exact) mass is 281 g/mol. The van der Waals surface area contributed by atoms with E-state index in [1.165, 1.54) is 12.1 Å². The second-order valence-electron chi connectivity index (χ2n) is 5.07. The lowest BCUT2D eigenvalue weighted by Crippen LogP contribution is -2.38. The Bertz CT molecular complexity index is 493. The Balaban J connectivity index is 2.11. The summed E-state index contributed by atoms with van der Waals surface area (Å²) in [5, 5.41) is 11.6. The molecule has 5 nitrogen and oxygen atoms in total. The molecule has 1 aliphatic rings. The predicted molar refractivity (Wildman–Crippen MR) is 74.2 cm³/mol. The van der Waals surface area contributed by atoms with Crippen molar-refractivity contribution in [1.82, 2.24) is 4.90 Å². The number of halogens is 1. The fourth-order valence-corrected chi connectivity index (χ4v) is 2.55. The van der Waals surface area contributed by atoms with Crippen LogP contribution in [0.2, 0.25) is 0 Å². The summed E-state index contributed by atoms with van der Waals surface area (Å²) in [6, 6.07) is 4.48. The second kappa shape index (κ2) is 6.67. The van der Waals surface area contributed by atoms with Crippen LogP contribution in [0.25, 0.3) is 0 Å². The Kier molecular flexibility index (Phi) is 4.92. The molecule has 0 aromatic heterocycles. The first-order chi connectivity index (χ1) is 9.62. The Morgan fingerprint density at radius 3 is 3.05 bits per heavy atom. The smallest absolute Gasteiger partial charge is 0.170 e. The topological polar surface area (TPSA) is 71.1 Å². The van der Waals surface area contributed by atoms with E-state index in [2.05, 4.69) is 10.1 Å². The fraction of sp³-hybridized carbons (Fsp3) is 0.500. The van der Waals surface area contributed by atoms with Crippen LogP contribution in [-0.4, -0.2) is 42.2 Å². The summed E-state index contributed by atoms with van der Waals surface area (Å²) in [6.45, 7) is 2.44. The van der Waals surface area contributed by atoms with Crippen molar-refractivity contribution in [2.24, 2.45) is 10.9 Å². The Morgan fingerprint density at radius 1 is 1.55 bits per heavy atom. The number of methoxy groups -OCH3 is 1. The zero-order valence-electron chi connectivity index (χ0n) is 11.6. The minimum atomic E-state index is -0.385. The lowest BCUT2D eigenvalue weighted by molar-refractivity contribution is 0.0285. The molecule has 1 aromatic carbocycles. The van der Waals surface area contributed by atoms with Crippen LogP contribution in [-0.2, 0) is 11.3 Å². The van der Waals surface area contributed by atoms with E-state index in [4.69, 9.17) is 15.7 Å². The van der Waals surface area contributed by atoms with E-state index in [0.717, 1.165) is 31.5 Å². The number of rotatable bonds is 4. The molecule has 3 N–H and O–H groups in total. The number of amidine groups is 1. The number of piperidine rings is 1. The number of hydrogen-bond donors (Lipinski definition) is 2. The van der Waals surface area contributed by atoms with E-state index in [1.807, 2.05) is 0 Å². The maximum Gasteiger partial charge on any atom is 0.170 e. The molecule has 0 spiro atoms. The zero-order chi connectivity index (χ0) is 14.5. The van der Waals surface area contributed by atoms with Crippen molar-refractivity contribution >= 4 is 5.84 Å². The van der Waals surface area contributed by atoms with Gasteiger partial charge in [0.25, 0.3) is 0 Å². The minimum Gasteiger partial charge on any atom is -0.409 e. The van der Waals surface area contributed by atoms with Gasteiger partial charge in [-0.25, -0.2) is 4.39 Å². The van der Waals surface area contributed by atoms with Crippen LogP contribution in [0.4, 0.5) is 4.39 Å². The lowest BCUT2D eigenvalue weighted by Gasteiger charge is -2.31. The van der Waals surface area contributed by atoms with Gasteiger partial charge in [-0.05, 0) is 43.1 Å². The number of likely N-dealkylation sites (tertiary alicyclic amines) is 1. The average Bonchev–Trinajstić information content (AvgIpc) is 2.46. The molecule has 0 radical (unpaired) electrons. The summed E-state index contributed by atoms with van der Waals surface area (Å²) in [5.41, 5.74) is 6.71. The van der Waals surface area contributed by atoms with Gasteiger partial charge in [-0.3, -0.25) is 4.90 Å². The van der Waals surface area contributed by atoms with E-state index >= 15 is 0 Å². The van der Waals surface area contributed by atoms with Crippen molar-refractivity contribution in [3.63, 3.8) is 0 Å². The van der Waals surface area contributed by atoms with Crippen LogP contribution >= 0.6 is 0 Å². The molecule has 1 aliphatic heterocycles. The molecular weight excluding hydrogens is 261 g/mol. The molecule has 1 unspecified atom stereocenters. The predicted octanol–water partition coefficient (Wildman–Crippen LogP) is 1.53. The molecule has 0 amide bonds. The summed E-state index contributed by atoms with van der Waals surface area (Å²) >= 11 is 0. The third-order valence-electron chi connectivity index (χ3n) is 3.56. The van der Waals surface area contributed by atoms with Gasteiger partial charge in [-0.1, -0.05) is 5.16 Å². The molecule has 1 fully saturated rings. The van der Waals surface area contributed by atoms with Gasteiger partial charge >= 0.3 is 0 Å². The second-order valence-corrected chi connectivity index (χ2v) is 5.07. The van der Waals surface area contributed by atoms with Crippen molar-refractivity contribution < 1.29 is 14.3 Å². The van der Waals surface area contributed by atoms with E-state index in [0.29, 0.717) is 12.1 Å². The van der Waals surface area contributed by atoms with Crippen molar-refractivity contribution in [2.75, 3.05) is 20.2 Å². The van der Waals surface area contributed by atoms with Gasteiger partial charge in [0.05, 0.1) is 6.10 Å². The first-order valence-corrected chi connectivity index (χ1v) is 6.65. The summed E-state index contributed by atoms with van der Waals surface area (Å²) in [6.07, 6.45) is 2.37. The van der Waals surface area contributed by atoms with Crippen LogP contribution in [0.1, 0.15) is 24.0 Å².